The summed E-state index contributed by atoms with van der Waals surface area (Å²) >= 11 is 2.21. The second kappa shape index (κ2) is 6.13. The summed E-state index contributed by atoms with van der Waals surface area (Å²) < 4.78 is 6.87. The average molecular weight is 382 g/mol. The van der Waals surface area contributed by atoms with Gasteiger partial charge in [0, 0.05) is 29.4 Å². The van der Waals surface area contributed by atoms with Crippen LogP contribution in [0.15, 0.2) is 42.5 Å². The van der Waals surface area contributed by atoms with Gasteiger partial charge < -0.3 is 15.4 Å². The number of halogens is 1. The van der Waals surface area contributed by atoms with Crippen LogP contribution in [0, 0.1) is 3.57 Å². The molecule has 0 bridgehead atoms. The minimum Gasteiger partial charge on any atom is -0.456 e. The van der Waals surface area contributed by atoms with E-state index >= 15 is 0 Å². The number of nitrogens with zero attached hydrogens (tertiary/aromatic N) is 1. The van der Waals surface area contributed by atoms with Crippen molar-refractivity contribution < 1.29 is 9.53 Å². The van der Waals surface area contributed by atoms with Crippen molar-refractivity contribution in [3.05, 3.63) is 51.6 Å². The number of nitrogens with two attached hydrogens (primary N) is 1. The van der Waals surface area contributed by atoms with Crippen LogP contribution in [0.5, 0.6) is 11.5 Å². The van der Waals surface area contributed by atoms with E-state index in [9.17, 15) is 4.79 Å². The van der Waals surface area contributed by atoms with E-state index in [1.54, 1.807) is 32.3 Å². The van der Waals surface area contributed by atoms with E-state index in [1.165, 1.54) is 4.90 Å². The van der Waals surface area contributed by atoms with Gasteiger partial charge in [0.05, 0.1) is 5.56 Å². The molecule has 2 N–H and O–H groups in total. The summed E-state index contributed by atoms with van der Waals surface area (Å²) in [7, 11) is 3.40. The third-order valence-electron chi connectivity index (χ3n) is 2.67. The topological polar surface area (TPSA) is 55.6 Å². The number of carbonyl (C=O) groups excluding carboxylic acids is 1. The molecule has 1 amide bonds. The zero-order valence-electron chi connectivity index (χ0n) is 11.3. The molecule has 20 heavy (non-hydrogen) atoms. The van der Waals surface area contributed by atoms with Crippen molar-refractivity contribution in [2.75, 3.05) is 19.8 Å². The second-order valence-electron chi connectivity index (χ2n) is 4.51. The fourth-order valence-corrected chi connectivity index (χ4v) is 2.21. The molecule has 0 aliphatic heterocycles. The number of rotatable bonds is 3. The quantitative estimate of drug-likeness (QED) is 0.654. The Morgan fingerprint density at radius 1 is 1.20 bits per heavy atom. The van der Waals surface area contributed by atoms with Gasteiger partial charge in [-0.1, -0.05) is 6.07 Å². The maximum absolute atomic E-state index is 12.1. The van der Waals surface area contributed by atoms with Crippen molar-refractivity contribution in [3.8, 4) is 11.5 Å². The van der Waals surface area contributed by atoms with Crippen molar-refractivity contribution in [1.29, 1.82) is 0 Å². The first-order valence-corrected chi connectivity index (χ1v) is 7.10. The molecule has 0 saturated carbocycles. The number of nitrogen functional groups attached to an aromatic ring is 1. The summed E-state index contributed by atoms with van der Waals surface area (Å²) in [5.74, 6) is 1.02. The van der Waals surface area contributed by atoms with Gasteiger partial charge in [-0.25, -0.2) is 0 Å². The van der Waals surface area contributed by atoms with Crippen molar-refractivity contribution in [2.45, 2.75) is 0 Å². The van der Waals surface area contributed by atoms with Crippen molar-refractivity contribution >= 4 is 34.2 Å². The number of ether oxygens (including phenoxy) is 1. The minimum absolute atomic E-state index is 0.120. The molecule has 0 spiro atoms. The predicted octanol–water partition coefficient (Wildman–Crippen LogP) is 3.37. The highest BCUT2D eigenvalue weighted by atomic mass is 127. The summed E-state index contributed by atoms with van der Waals surface area (Å²) in [5.41, 5.74) is 6.83. The molecule has 4 nitrogen and oxygen atoms in total. The van der Waals surface area contributed by atoms with Crippen molar-refractivity contribution in [3.63, 3.8) is 0 Å². The van der Waals surface area contributed by atoms with Crippen LogP contribution in [-0.4, -0.2) is 24.9 Å². The summed E-state index contributed by atoms with van der Waals surface area (Å²) in [6.45, 7) is 0. The maximum Gasteiger partial charge on any atom is 0.257 e. The molecule has 0 heterocycles. The SMILES string of the molecule is CN(C)C(=O)c1ccc(N)cc1Oc1cccc(I)c1. The third-order valence-corrected chi connectivity index (χ3v) is 3.34. The van der Waals surface area contributed by atoms with E-state index in [0.29, 0.717) is 22.7 Å². The third kappa shape index (κ3) is 3.41. The van der Waals surface area contributed by atoms with Gasteiger partial charge in [-0.05, 0) is 52.9 Å². The summed E-state index contributed by atoms with van der Waals surface area (Å²) in [6, 6.07) is 12.6. The van der Waals surface area contributed by atoms with Crippen LogP contribution < -0.4 is 10.5 Å². The number of carbonyl (C=O) groups is 1. The lowest BCUT2D eigenvalue weighted by Gasteiger charge is -2.15. The first kappa shape index (κ1) is 14.6. The molecule has 0 unspecified atom stereocenters. The highest BCUT2D eigenvalue weighted by Crippen LogP contribution is 2.29. The summed E-state index contributed by atoms with van der Waals surface area (Å²) in [6.07, 6.45) is 0. The van der Waals surface area contributed by atoms with Crippen LogP contribution in [0.2, 0.25) is 0 Å². The maximum atomic E-state index is 12.1. The minimum atomic E-state index is -0.120. The Labute approximate surface area is 131 Å². The highest BCUT2D eigenvalue weighted by Gasteiger charge is 2.15. The zero-order valence-corrected chi connectivity index (χ0v) is 13.4. The number of anilines is 1. The van der Waals surface area contributed by atoms with Crippen molar-refractivity contribution in [1.82, 2.24) is 4.90 Å². The predicted molar refractivity (Wildman–Crippen MR) is 88.1 cm³/mol. The van der Waals surface area contributed by atoms with Gasteiger partial charge in [0.25, 0.3) is 5.91 Å². The van der Waals surface area contributed by atoms with Crippen LogP contribution in [0.25, 0.3) is 0 Å². The molecule has 0 aliphatic rings. The standard InChI is InChI=1S/C15H15IN2O2/c1-18(2)15(19)13-7-6-11(17)9-14(13)20-12-5-3-4-10(16)8-12/h3-9H,17H2,1-2H3. The molecule has 0 saturated heterocycles. The molecular weight excluding hydrogens is 367 g/mol. The smallest absolute Gasteiger partial charge is 0.257 e. The largest absolute Gasteiger partial charge is 0.456 e. The van der Waals surface area contributed by atoms with Crippen molar-refractivity contribution in [2.24, 2.45) is 0 Å². The normalized spacial score (nSPS) is 10.2. The molecule has 0 fully saturated rings. The van der Waals surface area contributed by atoms with Crippen LogP contribution in [0.1, 0.15) is 10.4 Å². The number of hydrogen-bond acceptors (Lipinski definition) is 3. The average Bonchev–Trinajstić information content (AvgIpc) is 2.38. The van der Waals surface area contributed by atoms with E-state index in [-0.39, 0.29) is 5.91 Å². The zero-order chi connectivity index (χ0) is 14.7. The molecule has 0 aliphatic carbocycles. The fraction of sp³-hybridized carbons (Fsp3) is 0.133. The molecule has 2 rings (SSSR count). The number of benzene rings is 2. The Morgan fingerprint density at radius 3 is 2.60 bits per heavy atom. The van der Waals surface area contributed by atoms with Gasteiger partial charge in [-0.2, -0.15) is 0 Å². The molecule has 0 atom stereocenters. The van der Waals surface area contributed by atoms with Gasteiger partial charge in [0.15, 0.2) is 0 Å². The summed E-state index contributed by atoms with van der Waals surface area (Å²) in [4.78, 5) is 13.6. The van der Waals surface area contributed by atoms with Crippen LogP contribution >= 0.6 is 22.6 Å². The van der Waals surface area contributed by atoms with E-state index in [1.807, 2.05) is 24.3 Å². The Morgan fingerprint density at radius 2 is 1.95 bits per heavy atom. The van der Waals surface area contributed by atoms with E-state index in [2.05, 4.69) is 22.6 Å². The van der Waals surface area contributed by atoms with Gasteiger partial charge >= 0.3 is 0 Å². The molecule has 2 aromatic carbocycles. The Bertz CT molecular complexity index is 642. The lowest BCUT2D eigenvalue weighted by molar-refractivity contribution is 0.0825. The van der Waals surface area contributed by atoms with Gasteiger partial charge in [0.1, 0.15) is 11.5 Å². The lowest BCUT2D eigenvalue weighted by atomic mass is 10.1. The molecule has 104 valence electrons. The van der Waals surface area contributed by atoms with Gasteiger partial charge in [0.2, 0.25) is 0 Å². The number of amides is 1. The summed E-state index contributed by atoms with van der Waals surface area (Å²) in [5, 5.41) is 0. The van der Waals surface area contributed by atoms with Crippen LogP contribution in [0.4, 0.5) is 5.69 Å². The molecular formula is C15H15IN2O2. The Kier molecular flexibility index (Phi) is 4.49. The first-order valence-electron chi connectivity index (χ1n) is 6.02. The molecule has 0 aromatic heterocycles. The molecule has 0 radical (unpaired) electrons. The Hall–Kier alpha value is -1.76. The second-order valence-corrected chi connectivity index (χ2v) is 5.76. The van der Waals surface area contributed by atoms with Gasteiger partial charge in [-0.3, -0.25) is 4.79 Å². The van der Waals surface area contributed by atoms with Gasteiger partial charge in [-0.15, -0.1) is 0 Å². The van der Waals surface area contributed by atoms with Crippen LogP contribution in [0.3, 0.4) is 0 Å². The fourth-order valence-electron chi connectivity index (χ4n) is 1.70. The first-order chi connectivity index (χ1) is 9.47. The van der Waals surface area contributed by atoms with E-state index < -0.39 is 0 Å². The monoisotopic (exact) mass is 382 g/mol. The lowest BCUT2D eigenvalue weighted by Crippen LogP contribution is -2.22. The van der Waals surface area contributed by atoms with E-state index in [0.717, 1.165) is 3.57 Å². The molecule has 5 heteroatoms. The number of hydrogen-bond donors (Lipinski definition) is 1. The highest BCUT2D eigenvalue weighted by molar-refractivity contribution is 14.1. The Balaban J connectivity index is 2.39. The van der Waals surface area contributed by atoms with Crippen LogP contribution in [-0.2, 0) is 0 Å². The molecule has 2 aromatic rings. The van der Waals surface area contributed by atoms with E-state index in [4.69, 9.17) is 10.5 Å².